The molecule has 1 aliphatic rings. The maximum atomic E-state index is 14.6. The second-order valence-electron chi connectivity index (χ2n) is 9.54. The molecule has 5 rings (SSSR count). The third kappa shape index (κ3) is 4.83. The number of carboxylic acids is 1. The number of carboxylic acid groups (broad SMARTS) is 1. The van der Waals surface area contributed by atoms with Crippen molar-refractivity contribution < 1.29 is 23.1 Å². The number of rotatable bonds is 7. The lowest BCUT2D eigenvalue weighted by Crippen LogP contribution is -2.38. The summed E-state index contributed by atoms with van der Waals surface area (Å²) >= 11 is 1.05. The second-order valence-corrected chi connectivity index (χ2v) is 10.5. The molecule has 0 aliphatic heterocycles. The third-order valence-corrected chi connectivity index (χ3v) is 7.73. The fourth-order valence-corrected chi connectivity index (χ4v) is 5.50. The van der Waals surface area contributed by atoms with Crippen LogP contribution in [0.15, 0.2) is 59.9 Å². The van der Waals surface area contributed by atoms with Crippen LogP contribution < -0.4 is 10.6 Å². The summed E-state index contributed by atoms with van der Waals surface area (Å²) in [5.74, 6) is -3.27. The zero-order valence-corrected chi connectivity index (χ0v) is 21.3. The van der Waals surface area contributed by atoms with Gasteiger partial charge in [-0.05, 0) is 60.0 Å². The average Bonchev–Trinajstić information content (AvgIpc) is 3.33. The first kappa shape index (κ1) is 25.7. The number of aromatic nitrogens is 4. The lowest BCUT2D eigenvalue weighted by Gasteiger charge is -2.32. The highest BCUT2D eigenvalue weighted by atomic mass is 32.2. The minimum atomic E-state index is -1.42. The summed E-state index contributed by atoms with van der Waals surface area (Å²) in [5, 5.41) is 20.2. The largest absolute Gasteiger partial charge is 0.478 e. The molecule has 0 amide bonds. The van der Waals surface area contributed by atoms with Crippen LogP contribution in [0.1, 0.15) is 42.0 Å². The van der Waals surface area contributed by atoms with Gasteiger partial charge in [0.05, 0.1) is 10.9 Å². The zero-order chi connectivity index (χ0) is 27.0. The van der Waals surface area contributed by atoms with E-state index in [0.29, 0.717) is 16.7 Å². The molecule has 2 heterocycles. The van der Waals surface area contributed by atoms with E-state index in [4.69, 9.17) is 5.11 Å². The molecule has 6 nitrogen and oxygen atoms in total. The van der Waals surface area contributed by atoms with Crippen LogP contribution in [0.25, 0.3) is 17.8 Å². The molecule has 0 fully saturated rings. The Labute approximate surface area is 220 Å². The first-order chi connectivity index (χ1) is 18.1. The van der Waals surface area contributed by atoms with Crippen molar-refractivity contribution in [3.63, 3.8) is 0 Å². The monoisotopic (exact) mass is 536 g/mol. The summed E-state index contributed by atoms with van der Waals surface area (Å²) in [7, 11) is 0. The van der Waals surface area contributed by atoms with E-state index in [1.165, 1.54) is 12.1 Å². The van der Waals surface area contributed by atoms with Crippen molar-refractivity contribution in [3.05, 3.63) is 99.7 Å². The number of hydrogen-bond acceptors (Lipinski definition) is 5. The van der Waals surface area contributed by atoms with Crippen molar-refractivity contribution >= 4 is 29.9 Å². The Balaban J connectivity index is 1.54. The molecular weight excluding hydrogens is 513 g/mol. The Morgan fingerprint density at radius 1 is 1.11 bits per heavy atom. The summed E-state index contributed by atoms with van der Waals surface area (Å²) in [5.41, 5.74) is -0.690. The molecule has 1 N–H and O–H groups in total. The zero-order valence-electron chi connectivity index (χ0n) is 20.5. The van der Waals surface area contributed by atoms with E-state index < -0.39 is 34.4 Å². The van der Waals surface area contributed by atoms with E-state index in [0.717, 1.165) is 40.9 Å². The van der Waals surface area contributed by atoms with Gasteiger partial charge in [-0.25, -0.2) is 18.0 Å². The van der Waals surface area contributed by atoms with Gasteiger partial charge in [-0.3, -0.25) is 9.55 Å². The highest BCUT2D eigenvalue weighted by Crippen LogP contribution is 2.38. The first-order valence-corrected chi connectivity index (χ1v) is 12.8. The van der Waals surface area contributed by atoms with Crippen LogP contribution in [0, 0.1) is 23.4 Å². The summed E-state index contributed by atoms with van der Waals surface area (Å²) in [6, 6.07) is 11.3. The second kappa shape index (κ2) is 10.1. The predicted molar refractivity (Wildman–Crippen MR) is 138 cm³/mol. The van der Waals surface area contributed by atoms with Crippen LogP contribution in [0.3, 0.4) is 0 Å². The number of halogens is 3. The van der Waals surface area contributed by atoms with Gasteiger partial charge in [-0.15, -0.1) is 10.2 Å². The number of fused-ring (bicyclic) bond motifs is 1. The normalized spacial score (nSPS) is 14.9. The molecule has 0 radical (unpaired) electrons. The first-order valence-electron chi connectivity index (χ1n) is 11.8. The molecule has 10 heteroatoms. The topological polar surface area (TPSA) is 80.9 Å². The number of nitrogens with zero attached hydrogens (tertiary/aromatic N) is 4. The van der Waals surface area contributed by atoms with Gasteiger partial charge >= 0.3 is 5.97 Å². The number of aromatic carboxylic acids is 1. The van der Waals surface area contributed by atoms with Crippen LogP contribution in [-0.2, 0) is 11.2 Å². The Morgan fingerprint density at radius 3 is 2.50 bits per heavy atom. The fraction of sp³-hybridized carbons (Fsp3) is 0.214. The molecule has 1 unspecified atom stereocenters. The summed E-state index contributed by atoms with van der Waals surface area (Å²) < 4.78 is 44.7. The van der Waals surface area contributed by atoms with Crippen molar-refractivity contribution in [1.82, 2.24) is 19.7 Å². The highest BCUT2D eigenvalue weighted by Gasteiger charge is 2.36. The Bertz CT molecular complexity index is 1630. The summed E-state index contributed by atoms with van der Waals surface area (Å²) in [6.45, 7) is 4.08. The van der Waals surface area contributed by atoms with Crippen LogP contribution in [0.2, 0.25) is 0 Å². The lowest BCUT2D eigenvalue weighted by molar-refractivity contribution is 0.0695. The molecule has 38 heavy (non-hydrogen) atoms. The van der Waals surface area contributed by atoms with E-state index in [2.05, 4.69) is 27.3 Å². The SMILES string of the molecule is CC(C)(c1nnc(SCc2c(F)cc(C(=O)O)cc2F)n1-c1ccc(F)cc1)C1C=c2ncccc2=CC1. The number of hydrogen-bond donors (Lipinski definition) is 1. The fourth-order valence-electron chi connectivity index (χ4n) is 4.53. The summed E-state index contributed by atoms with van der Waals surface area (Å²) in [4.78, 5) is 15.6. The van der Waals surface area contributed by atoms with Gasteiger partial charge in [0.2, 0.25) is 0 Å². The summed E-state index contributed by atoms with van der Waals surface area (Å²) in [6.07, 6.45) is 6.74. The molecule has 2 aromatic heterocycles. The van der Waals surface area contributed by atoms with Crippen molar-refractivity contribution in [1.29, 1.82) is 0 Å². The minimum Gasteiger partial charge on any atom is -0.478 e. The van der Waals surface area contributed by atoms with Gasteiger partial charge in [-0.1, -0.05) is 43.8 Å². The van der Waals surface area contributed by atoms with Gasteiger partial charge in [0, 0.05) is 28.6 Å². The van der Waals surface area contributed by atoms with Crippen LogP contribution in [-0.4, -0.2) is 30.8 Å². The van der Waals surface area contributed by atoms with Gasteiger partial charge in [-0.2, -0.15) is 0 Å². The lowest BCUT2D eigenvalue weighted by atomic mass is 9.74. The van der Waals surface area contributed by atoms with Crippen LogP contribution >= 0.6 is 11.8 Å². The van der Waals surface area contributed by atoms with Crippen LogP contribution in [0.5, 0.6) is 0 Å². The molecule has 0 saturated carbocycles. The van der Waals surface area contributed by atoms with Gasteiger partial charge in [0.1, 0.15) is 23.3 Å². The van der Waals surface area contributed by atoms with E-state index in [9.17, 15) is 18.0 Å². The van der Waals surface area contributed by atoms with E-state index in [-0.39, 0.29) is 17.2 Å². The van der Waals surface area contributed by atoms with Gasteiger partial charge in [0.25, 0.3) is 0 Å². The van der Waals surface area contributed by atoms with Crippen molar-refractivity contribution in [2.45, 2.75) is 36.6 Å². The number of carbonyl (C=O) groups is 1. The quantitative estimate of drug-likeness (QED) is 0.347. The Hall–Kier alpha value is -3.92. The molecule has 2 aromatic carbocycles. The molecule has 0 saturated heterocycles. The van der Waals surface area contributed by atoms with E-state index >= 15 is 0 Å². The van der Waals surface area contributed by atoms with Crippen molar-refractivity contribution in [2.75, 3.05) is 0 Å². The van der Waals surface area contributed by atoms with Crippen LogP contribution in [0.4, 0.5) is 13.2 Å². The molecule has 194 valence electrons. The number of benzene rings is 2. The maximum Gasteiger partial charge on any atom is 0.335 e. The predicted octanol–water partition coefficient (Wildman–Crippen LogP) is 4.63. The number of pyridine rings is 1. The van der Waals surface area contributed by atoms with Gasteiger partial charge in [0.15, 0.2) is 5.16 Å². The molecule has 1 aliphatic carbocycles. The van der Waals surface area contributed by atoms with E-state index in [1.54, 1.807) is 22.9 Å². The minimum absolute atomic E-state index is 0.0181. The molecule has 1 atom stereocenters. The molecule has 0 spiro atoms. The van der Waals surface area contributed by atoms with Gasteiger partial charge < -0.3 is 5.11 Å². The smallest absolute Gasteiger partial charge is 0.335 e. The average molecular weight is 537 g/mol. The molecule has 4 aromatic rings. The molecular formula is C28H23F3N4O2S. The van der Waals surface area contributed by atoms with E-state index in [1.807, 2.05) is 26.0 Å². The van der Waals surface area contributed by atoms with Crippen molar-refractivity contribution in [3.8, 4) is 5.69 Å². The van der Waals surface area contributed by atoms with Crippen molar-refractivity contribution in [2.24, 2.45) is 5.92 Å². The third-order valence-electron chi connectivity index (χ3n) is 6.78. The highest BCUT2D eigenvalue weighted by molar-refractivity contribution is 7.98. The number of thioether (sulfide) groups is 1. The Morgan fingerprint density at radius 2 is 1.82 bits per heavy atom. The molecule has 0 bridgehead atoms. The maximum absolute atomic E-state index is 14.6. The Kier molecular flexibility index (Phi) is 6.83. The standard InChI is InChI=1S/C28H23F3N4O2S/c1-28(2,18-6-5-16-4-3-11-32-24(16)14-18)26-33-34-27(35(26)20-9-7-19(29)8-10-20)38-15-21-22(30)12-17(25(36)37)13-23(21)31/h3-5,7-14,18H,6,15H2,1-2H3,(H,36,37).